The molecule has 109 heavy (non-hydrogen) atoms. The number of rotatable bonds is 46. The molecule has 7 atom stereocenters. The van der Waals surface area contributed by atoms with Gasteiger partial charge >= 0.3 is 41.8 Å². The fourth-order valence-corrected chi connectivity index (χ4v) is 11.6. The maximum Gasteiger partial charge on any atom is 0.333 e. The molecule has 8 N–H and O–H groups in total. The molecule has 0 spiro atoms. The summed E-state index contributed by atoms with van der Waals surface area (Å²) in [5.41, 5.74) is 2.30. The first-order chi connectivity index (χ1) is 51.8. The molecule has 5 rings (SSSR count). The number of esters is 7. The lowest BCUT2D eigenvalue weighted by molar-refractivity contribution is -0.143. The number of aliphatic hydroxyl groups is 8. The second-order valence-electron chi connectivity index (χ2n) is 27.8. The van der Waals surface area contributed by atoms with Gasteiger partial charge in [0, 0.05) is 60.7 Å². The van der Waals surface area contributed by atoms with E-state index in [1.807, 2.05) is 48.5 Å². The molecule has 3 aliphatic carbocycles. The summed E-state index contributed by atoms with van der Waals surface area (Å²) < 4.78 is 67.2. The zero-order valence-corrected chi connectivity index (χ0v) is 64.1. The summed E-state index contributed by atoms with van der Waals surface area (Å²) in [7, 11) is 0. The lowest BCUT2D eigenvalue weighted by atomic mass is 9.60. The topological polar surface area (TPSA) is 401 Å². The Morgan fingerprint density at radius 3 is 0.917 bits per heavy atom. The number of hydrogen-bond donors (Lipinski definition) is 8. The summed E-state index contributed by atoms with van der Waals surface area (Å²) in [5.74, 6) is -0.682. The SMILES string of the molecule is C=C(C)C(=O)OCC(O)CO.C=CC(=O)OCC(O)COC1CCC(C(C)(C)C2CCC(OCC(O)COC(=O)C=C)CC2)CC1.C=CC(=O)OCC(O)COCC1CCC(COCC(O)COC(=O)C=C)CC1.C=CC(=O)OCC(O)COc1ccc(C(C)(C)c2ccc(OCC(O)COC(=O)C=C)cc2)cc1. The Morgan fingerprint density at radius 1 is 0.385 bits per heavy atom. The molecule has 0 radical (unpaired) electrons. The second kappa shape index (κ2) is 54.6. The Labute approximate surface area is 641 Å². The third-order valence-electron chi connectivity index (χ3n) is 18.3. The molecule has 0 saturated heterocycles. The van der Waals surface area contributed by atoms with Gasteiger partial charge in [-0.25, -0.2) is 33.6 Å². The van der Waals surface area contributed by atoms with Gasteiger partial charge in [-0.2, -0.15) is 0 Å². The smallest absolute Gasteiger partial charge is 0.333 e. The van der Waals surface area contributed by atoms with E-state index in [-0.39, 0.29) is 115 Å². The van der Waals surface area contributed by atoms with Crippen LogP contribution in [0, 0.1) is 29.1 Å². The maximum absolute atomic E-state index is 11.1. The molecule has 0 aromatic heterocycles. The monoisotopic (exact) mass is 1540 g/mol. The molecule has 3 fully saturated rings. The Kier molecular flexibility index (Phi) is 48.7. The number of aliphatic hydroxyl groups excluding tert-OH is 8. The van der Waals surface area contributed by atoms with E-state index in [4.69, 9.17) is 67.1 Å². The first kappa shape index (κ1) is 97.1. The van der Waals surface area contributed by atoms with Crippen molar-refractivity contribution in [2.24, 2.45) is 29.1 Å². The van der Waals surface area contributed by atoms with Crippen LogP contribution in [0.2, 0.25) is 0 Å². The van der Waals surface area contributed by atoms with Crippen molar-refractivity contribution in [1.29, 1.82) is 0 Å². The van der Waals surface area contributed by atoms with Gasteiger partial charge in [0.25, 0.3) is 0 Å². The van der Waals surface area contributed by atoms with Crippen LogP contribution in [0.4, 0.5) is 0 Å². The lowest BCUT2D eigenvalue weighted by Gasteiger charge is -2.46. The summed E-state index contributed by atoms with van der Waals surface area (Å²) in [5, 5.41) is 76.0. The van der Waals surface area contributed by atoms with Crippen molar-refractivity contribution < 1.29 is 136 Å². The molecule has 28 heteroatoms. The van der Waals surface area contributed by atoms with Gasteiger partial charge in [-0.3, -0.25) is 0 Å². The average Bonchev–Trinajstić information content (AvgIpc) is 0.810. The van der Waals surface area contributed by atoms with Gasteiger partial charge in [-0.05, 0) is 148 Å². The van der Waals surface area contributed by atoms with Gasteiger partial charge in [0.2, 0.25) is 0 Å². The number of carbonyl (C=O) groups excluding carboxylic acids is 7. The van der Waals surface area contributed by atoms with E-state index in [2.05, 4.69) is 78.5 Å². The Hall–Kier alpha value is -7.97. The molecule has 0 amide bonds. The molecule has 0 bridgehead atoms. The molecular formula is C81H120O28. The van der Waals surface area contributed by atoms with Crippen LogP contribution >= 0.6 is 0 Å². The standard InChI is InChI=1S/C27H44O8.C27H32O8.C20H32O8.C7H12O4/c2*1-5-25(30)34-17-21(28)15-32-23-11-7-19(8-12-23)27(3,4)20-9-13-24(14-10-20)33-16-22(29)18-35-26(31)6-2;1-3-19(23)27-13-17(21)11-25-9-15-5-7-16(8-6-15)10-26-12-18(22)14-28-20(24)4-2;1-5(2)7(10)11-4-6(9)3-8/h5-6,19-24,28-29H,1-2,7-18H2,3-4H3;5-14,21-22,28-29H,1-2,15-18H2,3-4H3;3-4,15-18,21-22H,1-2,5-14H2;6,8-9H,1,3-4H2,2H3. The van der Waals surface area contributed by atoms with Crippen LogP contribution in [-0.2, 0) is 91.1 Å². The number of hydrogen-bond acceptors (Lipinski definition) is 28. The summed E-state index contributed by atoms with van der Waals surface area (Å²) in [6.07, 6.45) is 12.7. The van der Waals surface area contributed by atoms with Gasteiger partial charge in [0.15, 0.2) is 0 Å². The van der Waals surface area contributed by atoms with Crippen molar-refractivity contribution >= 4 is 41.8 Å². The molecule has 2 aromatic rings. The number of carbonyl (C=O) groups is 7. The highest BCUT2D eigenvalue weighted by atomic mass is 16.6. The Bertz CT molecular complexity index is 2850. The van der Waals surface area contributed by atoms with Gasteiger partial charge in [-0.15, -0.1) is 0 Å². The van der Waals surface area contributed by atoms with Crippen LogP contribution in [0.25, 0.3) is 0 Å². The van der Waals surface area contributed by atoms with Gasteiger partial charge in [-0.1, -0.05) is 98.0 Å². The third kappa shape index (κ3) is 42.1. The number of ether oxygens (including phenoxy) is 13. The summed E-state index contributed by atoms with van der Waals surface area (Å²) in [6, 6.07) is 15.1. The van der Waals surface area contributed by atoms with E-state index in [0.29, 0.717) is 48.4 Å². The van der Waals surface area contributed by atoms with E-state index < -0.39 is 91.1 Å². The average molecular weight is 1540 g/mol. The van der Waals surface area contributed by atoms with Crippen molar-refractivity contribution in [3.05, 3.63) is 148 Å². The molecule has 2 aromatic carbocycles. The molecule has 28 nitrogen and oxygen atoms in total. The van der Waals surface area contributed by atoms with Crippen molar-refractivity contribution in [2.45, 2.75) is 172 Å². The second-order valence-corrected chi connectivity index (χ2v) is 27.8. The van der Waals surface area contributed by atoms with E-state index >= 15 is 0 Å². The number of benzene rings is 2. The Morgan fingerprint density at radius 2 is 0.651 bits per heavy atom. The minimum atomic E-state index is -1.00. The van der Waals surface area contributed by atoms with E-state index in [0.717, 1.165) is 125 Å². The van der Waals surface area contributed by atoms with Crippen molar-refractivity contribution in [3.63, 3.8) is 0 Å². The molecule has 7 unspecified atom stereocenters. The summed E-state index contributed by atoms with van der Waals surface area (Å²) in [4.78, 5) is 76.7. The summed E-state index contributed by atoms with van der Waals surface area (Å²) in [6.45, 7) is 34.0. The third-order valence-corrected chi connectivity index (χ3v) is 18.3. The van der Waals surface area contributed by atoms with E-state index in [1.54, 1.807) is 0 Å². The predicted molar refractivity (Wildman–Crippen MR) is 402 cm³/mol. The maximum atomic E-state index is 11.1. The summed E-state index contributed by atoms with van der Waals surface area (Å²) >= 11 is 0. The minimum absolute atomic E-state index is 0.0139. The van der Waals surface area contributed by atoms with Gasteiger partial charge < -0.3 is 102 Å². The van der Waals surface area contributed by atoms with Crippen LogP contribution in [0.1, 0.15) is 123 Å². The highest BCUT2D eigenvalue weighted by molar-refractivity contribution is 5.87. The van der Waals surface area contributed by atoms with Crippen LogP contribution in [0.15, 0.2) is 137 Å². The van der Waals surface area contributed by atoms with Crippen LogP contribution in [0.5, 0.6) is 11.5 Å². The molecular weight excluding hydrogens is 1420 g/mol. The molecule has 0 aliphatic heterocycles. The first-order valence-electron chi connectivity index (χ1n) is 36.6. The van der Waals surface area contributed by atoms with Crippen LogP contribution in [0.3, 0.4) is 0 Å². The lowest BCUT2D eigenvalue weighted by Crippen LogP contribution is -2.39. The van der Waals surface area contributed by atoms with Crippen molar-refractivity contribution in [2.75, 3.05) is 106 Å². The minimum Gasteiger partial charge on any atom is -0.491 e. The predicted octanol–water partition coefficient (Wildman–Crippen LogP) is 6.76. The zero-order chi connectivity index (χ0) is 81.3. The quantitative estimate of drug-likeness (QED) is 0.0193. The van der Waals surface area contributed by atoms with E-state index in [9.17, 15) is 64.2 Å². The van der Waals surface area contributed by atoms with Crippen LogP contribution in [-0.4, -0.2) is 243 Å². The van der Waals surface area contributed by atoms with Crippen molar-refractivity contribution in [3.8, 4) is 11.5 Å². The Balaban J connectivity index is 0.000000521. The molecule has 3 aliphatic rings. The van der Waals surface area contributed by atoms with Crippen molar-refractivity contribution in [1.82, 2.24) is 0 Å². The van der Waals surface area contributed by atoms with E-state index in [1.165, 1.54) is 6.92 Å². The highest BCUT2D eigenvalue weighted by Crippen LogP contribution is 2.49. The highest BCUT2D eigenvalue weighted by Gasteiger charge is 2.41. The molecule has 3 saturated carbocycles. The fraction of sp³-hybridized carbons (Fsp3) is 0.593. The first-order valence-corrected chi connectivity index (χ1v) is 36.6. The van der Waals surface area contributed by atoms with Gasteiger partial charge in [0.05, 0.1) is 45.2 Å². The van der Waals surface area contributed by atoms with Gasteiger partial charge in [0.1, 0.15) is 114 Å². The molecule has 612 valence electrons. The largest absolute Gasteiger partial charge is 0.491 e. The normalized spacial score (nSPS) is 19.4. The van der Waals surface area contributed by atoms with Crippen LogP contribution < -0.4 is 9.47 Å². The molecule has 0 heterocycles. The zero-order valence-electron chi connectivity index (χ0n) is 64.1. The fourth-order valence-electron chi connectivity index (χ4n) is 11.6.